The summed E-state index contributed by atoms with van der Waals surface area (Å²) in [5.74, 6) is 0.498. The van der Waals surface area contributed by atoms with Crippen molar-refractivity contribution in [3.63, 3.8) is 0 Å². The maximum Gasteiger partial charge on any atom is 0.300 e. The Balaban J connectivity index is 0.000000552. The summed E-state index contributed by atoms with van der Waals surface area (Å²) >= 11 is 0. The zero-order chi connectivity index (χ0) is 20.7. The minimum Gasteiger partial charge on any atom is -0.481 e. The van der Waals surface area contributed by atoms with E-state index in [-0.39, 0.29) is 12.0 Å². The fourth-order valence-electron chi connectivity index (χ4n) is 3.29. The van der Waals surface area contributed by atoms with E-state index in [1.807, 2.05) is 41.1 Å². The quantitative estimate of drug-likeness (QED) is 0.678. The average molecular weight is 399 g/mol. The Morgan fingerprint density at radius 1 is 1.24 bits per heavy atom. The highest BCUT2D eigenvalue weighted by molar-refractivity contribution is 5.63. The molecule has 2 N–H and O–H groups in total. The molecule has 1 saturated heterocycles. The van der Waals surface area contributed by atoms with Crippen LogP contribution >= 0.6 is 0 Å². The van der Waals surface area contributed by atoms with Crippen LogP contribution in [-0.4, -0.2) is 50.5 Å². The molecule has 0 bridgehead atoms. The summed E-state index contributed by atoms with van der Waals surface area (Å²) in [6, 6.07) is 9.80. The number of carboxylic acid groups (broad SMARTS) is 1. The second kappa shape index (κ2) is 9.49. The summed E-state index contributed by atoms with van der Waals surface area (Å²) in [6.07, 6.45) is 7.01. The maximum atomic E-state index is 9.93. The van der Waals surface area contributed by atoms with E-state index in [0.29, 0.717) is 31.3 Å². The molecule has 0 aliphatic carbocycles. The van der Waals surface area contributed by atoms with Gasteiger partial charge in [0.15, 0.2) is 5.82 Å². The number of ether oxygens (including phenoxy) is 1. The molecule has 0 amide bonds. The fourth-order valence-corrected chi connectivity index (χ4v) is 3.29. The third-order valence-corrected chi connectivity index (χ3v) is 4.86. The fraction of sp³-hybridized carbons (Fsp3) is 0.381. The second-order valence-corrected chi connectivity index (χ2v) is 7.07. The number of rotatable bonds is 5. The predicted molar refractivity (Wildman–Crippen MR) is 106 cm³/mol. The molecule has 8 nitrogen and oxygen atoms in total. The Morgan fingerprint density at radius 3 is 2.59 bits per heavy atom. The van der Waals surface area contributed by atoms with Gasteiger partial charge in [-0.25, -0.2) is 9.97 Å². The van der Waals surface area contributed by atoms with E-state index in [1.54, 1.807) is 12.5 Å². The molecular weight excluding hydrogens is 374 g/mol. The lowest BCUT2D eigenvalue weighted by atomic mass is 9.81. The molecule has 3 aromatic rings. The van der Waals surface area contributed by atoms with E-state index >= 15 is 0 Å². The van der Waals surface area contributed by atoms with Gasteiger partial charge in [-0.05, 0) is 25.0 Å². The first-order chi connectivity index (χ1) is 14.0. The van der Waals surface area contributed by atoms with Crippen LogP contribution in [0.4, 0.5) is 0 Å². The Morgan fingerprint density at radius 2 is 1.93 bits per heavy atom. The second-order valence-electron chi connectivity index (χ2n) is 7.07. The number of carboxylic acids is 1. The first-order valence-electron chi connectivity index (χ1n) is 9.44. The molecule has 1 aliphatic heterocycles. The summed E-state index contributed by atoms with van der Waals surface area (Å²) < 4.78 is 13.1. The van der Waals surface area contributed by atoms with E-state index < -0.39 is 5.97 Å². The Labute approximate surface area is 168 Å². The number of hydrogen-bond donors (Lipinski definition) is 2. The number of aliphatic carboxylic acids is 1. The van der Waals surface area contributed by atoms with E-state index in [4.69, 9.17) is 19.1 Å². The minimum absolute atomic E-state index is 0.141. The van der Waals surface area contributed by atoms with Gasteiger partial charge in [0.1, 0.15) is 12.0 Å². The predicted octanol–water partition coefficient (Wildman–Crippen LogP) is 3.09. The number of aromatic nitrogens is 3. The zero-order valence-corrected chi connectivity index (χ0v) is 16.3. The van der Waals surface area contributed by atoms with Crippen LogP contribution in [0.1, 0.15) is 19.8 Å². The average Bonchev–Trinajstić information content (AvgIpc) is 3.38. The number of oxazole rings is 1. The smallest absolute Gasteiger partial charge is 0.300 e. The molecule has 0 spiro atoms. The highest BCUT2D eigenvalue weighted by Crippen LogP contribution is 2.33. The lowest BCUT2D eigenvalue weighted by Crippen LogP contribution is -2.37. The monoisotopic (exact) mass is 399 g/mol. The molecule has 4 rings (SSSR count). The Kier molecular flexibility index (Phi) is 6.79. The van der Waals surface area contributed by atoms with Gasteiger partial charge in [0.05, 0.1) is 6.61 Å². The van der Waals surface area contributed by atoms with Crippen LogP contribution in [0.25, 0.3) is 23.0 Å². The Bertz CT molecular complexity index is 909. The van der Waals surface area contributed by atoms with Gasteiger partial charge < -0.3 is 23.9 Å². The lowest BCUT2D eigenvalue weighted by Gasteiger charge is -2.36. The van der Waals surface area contributed by atoms with E-state index in [1.165, 1.54) is 0 Å². The molecule has 0 saturated carbocycles. The van der Waals surface area contributed by atoms with Gasteiger partial charge in [-0.3, -0.25) is 4.79 Å². The van der Waals surface area contributed by atoms with Crippen molar-refractivity contribution in [3.8, 4) is 23.0 Å². The van der Waals surface area contributed by atoms with E-state index in [2.05, 4.69) is 9.97 Å². The van der Waals surface area contributed by atoms with Gasteiger partial charge in [0, 0.05) is 50.1 Å². The molecule has 154 valence electrons. The third kappa shape index (κ3) is 5.30. The number of benzene rings is 1. The first-order valence-corrected chi connectivity index (χ1v) is 9.44. The number of nitrogens with zero attached hydrogens (tertiary/aromatic N) is 3. The molecule has 0 radical (unpaired) electrons. The number of aliphatic hydroxyl groups excluding tert-OH is 1. The van der Waals surface area contributed by atoms with Crippen molar-refractivity contribution in [3.05, 3.63) is 49.0 Å². The van der Waals surface area contributed by atoms with Gasteiger partial charge in [-0.2, -0.15) is 0 Å². The molecule has 0 atom stereocenters. The number of hydrogen-bond acceptors (Lipinski definition) is 6. The number of carbonyl (C=O) groups is 1. The molecule has 2 aromatic heterocycles. The zero-order valence-electron chi connectivity index (χ0n) is 16.3. The SMILES string of the molecule is CC(=O)O.OCC1(Cn2ccnc2-c2coc(-c3ccccc3)n2)CCOCC1. The van der Waals surface area contributed by atoms with Crippen LogP contribution in [0, 0.1) is 5.41 Å². The highest BCUT2D eigenvalue weighted by Gasteiger charge is 2.33. The van der Waals surface area contributed by atoms with Gasteiger partial charge in [0.25, 0.3) is 5.97 Å². The van der Waals surface area contributed by atoms with Crippen molar-refractivity contribution in [2.75, 3.05) is 19.8 Å². The van der Waals surface area contributed by atoms with Gasteiger partial charge >= 0.3 is 0 Å². The molecular formula is C21H25N3O5. The van der Waals surface area contributed by atoms with Crippen molar-refractivity contribution in [1.29, 1.82) is 0 Å². The molecule has 29 heavy (non-hydrogen) atoms. The summed E-state index contributed by atoms with van der Waals surface area (Å²) in [6.45, 7) is 3.29. The number of aliphatic hydroxyl groups is 1. The summed E-state index contributed by atoms with van der Waals surface area (Å²) in [7, 11) is 0. The van der Waals surface area contributed by atoms with Crippen molar-refractivity contribution in [2.45, 2.75) is 26.3 Å². The van der Waals surface area contributed by atoms with Crippen molar-refractivity contribution < 1.29 is 24.2 Å². The van der Waals surface area contributed by atoms with Crippen molar-refractivity contribution >= 4 is 5.97 Å². The standard InChI is InChI=1S/C19H21N3O3.C2H4O2/c23-14-19(6-10-24-11-7-19)13-22-9-8-20-17(22)16-12-25-18(21-16)15-4-2-1-3-5-15;1-2(3)4/h1-5,8-9,12,23H,6-7,10-11,13-14H2;1H3,(H,3,4). The molecule has 8 heteroatoms. The largest absolute Gasteiger partial charge is 0.481 e. The normalized spacial score (nSPS) is 15.4. The van der Waals surface area contributed by atoms with Crippen molar-refractivity contribution in [1.82, 2.24) is 14.5 Å². The molecule has 1 aromatic carbocycles. The van der Waals surface area contributed by atoms with E-state index in [0.717, 1.165) is 31.2 Å². The molecule has 0 unspecified atom stereocenters. The van der Waals surface area contributed by atoms with Gasteiger partial charge in [-0.1, -0.05) is 18.2 Å². The van der Waals surface area contributed by atoms with Gasteiger partial charge in [-0.15, -0.1) is 0 Å². The summed E-state index contributed by atoms with van der Waals surface area (Å²) in [5, 5.41) is 17.3. The highest BCUT2D eigenvalue weighted by atomic mass is 16.5. The lowest BCUT2D eigenvalue weighted by molar-refractivity contribution is -0.134. The Hall–Kier alpha value is -2.97. The third-order valence-electron chi connectivity index (χ3n) is 4.86. The van der Waals surface area contributed by atoms with Crippen molar-refractivity contribution in [2.24, 2.45) is 5.41 Å². The summed E-state index contributed by atoms with van der Waals surface area (Å²) in [4.78, 5) is 18.0. The van der Waals surface area contributed by atoms with Crippen LogP contribution in [0.3, 0.4) is 0 Å². The topological polar surface area (TPSA) is 111 Å². The van der Waals surface area contributed by atoms with Crippen LogP contribution < -0.4 is 0 Å². The molecule has 1 fully saturated rings. The van der Waals surface area contributed by atoms with Crippen LogP contribution in [0.15, 0.2) is 53.4 Å². The van der Waals surface area contributed by atoms with E-state index in [9.17, 15) is 5.11 Å². The molecule has 3 heterocycles. The van der Waals surface area contributed by atoms with Crippen LogP contribution in [0.5, 0.6) is 0 Å². The first kappa shape index (κ1) is 20.8. The number of imidazole rings is 1. The minimum atomic E-state index is -0.833. The van der Waals surface area contributed by atoms with Gasteiger partial charge in [0.2, 0.25) is 5.89 Å². The summed E-state index contributed by atoms with van der Waals surface area (Å²) in [5.41, 5.74) is 1.46. The van der Waals surface area contributed by atoms with Crippen LogP contribution in [-0.2, 0) is 16.1 Å². The maximum absolute atomic E-state index is 9.93. The molecule has 1 aliphatic rings. The van der Waals surface area contributed by atoms with Crippen LogP contribution in [0.2, 0.25) is 0 Å².